The van der Waals surface area contributed by atoms with Crippen molar-refractivity contribution in [1.29, 1.82) is 0 Å². The van der Waals surface area contributed by atoms with Crippen LogP contribution >= 0.6 is 11.3 Å². The van der Waals surface area contributed by atoms with Gasteiger partial charge in [0.05, 0.1) is 5.69 Å². The zero-order valence-electron chi connectivity index (χ0n) is 11.2. The molecule has 0 spiro atoms. The first-order chi connectivity index (χ1) is 9.22. The summed E-state index contributed by atoms with van der Waals surface area (Å²) in [6.07, 6.45) is 8.55. The number of carbonyl (C=O) groups excluding carboxylic acids is 1. The Hall–Kier alpha value is -0.940. The van der Waals surface area contributed by atoms with E-state index in [1.807, 2.05) is 0 Å². The SMILES string of the molecule is NC1CCCC(C(=O)Nc2nc3c(s2)CCCC3)C1. The number of nitrogens with zero attached hydrogens (tertiary/aromatic N) is 1. The molecule has 0 aromatic carbocycles. The lowest BCUT2D eigenvalue weighted by Crippen LogP contribution is -2.34. The van der Waals surface area contributed by atoms with Crippen LogP contribution in [0.25, 0.3) is 0 Å². The van der Waals surface area contributed by atoms with Crippen molar-refractivity contribution < 1.29 is 4.79 Å². The van der Waals surface area contributed by atoms with E-state index in [1.54, 1.807) is 11.3 Å². The van der Waals surface area contributed by atoms with E-state index in [0.29, 0.717) is 0 Å². The van der Waals surface area contributed by atoms with Gasteiger partial charge in [0.15, 0.2) is 5.13 Å². The first-order valence-electron chi connectivity index (χ1n) is 7.27. The molecule has 2 unspecified atom stereocenters. The molecular formula is C14H21N3OS. The average Bonchev–Trinajstić information content (AvgIpc) is 2.80. The van der Waals surface area contributed by atoms with Crippen molar-refractivity contribution in [3.05, 3.63) is 10.6 Å². The Balaban J connectivity index is 1.64. The Kier molecular flexibility index (Phi) is 3.84. The predicted molar refractivity (Wildman–Crippen MR) is 77.3 cm³/mol. The first-order valence-corrected chi connectivity index (χ1v) is 8.09. The Morgan fingerprint density at radius 2 is 2.11 bits per heavy atom. The topological polar surface area (TPSA) is 68.0 Å². The second kappa shape index (κ2) is 5.59. The Bertz CT molecular complexity index is 448. The average molecular weight is 279 g/mol. The van der Waals surface area contributed by atoms with Gasteiger partial charge in [-0.2, -0.15) is 0 Å². The number of carbonyl (C=O) groups is 1. The lowest BCUT2D eigenvalue weighted by Gasteiger charge is -2.25. The quantitative estimate of drug-likeness (QED) is 0.874. The summed E-state index contributed by atoms with van der Waals surface area (Å²) in [5.41, 5.74) is 7.14. The number of nitrogens with two attached hydrogens (primary N) is 1. The molecule has 2 aliphatic carbocycles. The van der Waals surface area contributed by atoms with Crippen LogP contribution in [-0.2, 0) is 17.6 Å². The maximum Gasteiger partial charge on any atom is 0.229 e. The Morgan fingerprint density at radius 1 is 1.26 bits per heavy atom. The van der Waals surface area contributed by atoms with Gasteiger partial charge >= 0.3 is 0 Å². The standard InChI is InChI=1S/C14H21N3OS/c15-10-5-3-4-9(8-10)13(18)17-14-16-11-6-1-2-7-12(11)19-14/h9-10H,1-8,15H2,(H,16,17,18). The highest BCUT2D eigenvalue weighted by Crippen LogP contribution is 2.31. The van der Waals surface area contributed by atoms with Gasteiger partial charge in [0.25, 0.3) is 0 Å². The molecule has 104 valence electrons. The second-order valence-electron chi connectivity index (χ2n) is 5.71. The normalized spacial score (nSPS) is 26.8. The van der Waals surface area contributed by atoms with Gasteiger partial charge in [0, 0.05) is 16.8 Å². The van der Waals surface area contributed by atoms with Gasteiger partial charge in [-0.3, -0.25) is 4.79 Å². The number of nitrogens with one attached hydrogen (secondary N) is 1. The smallest absolute Gasteiger partial charge is 0.229 e. The summed E-state index contributed by atoms with van der Waals surface area (Å²) in [5.74, 6) is 0.186. The van der Waals surface area contributed by atoms with E-state index >= 15 is 0 Å². The van der Waals surface area contributed by atoms with Gasteiger partial charge in [-0.1, -0.05) is 6.42 Å². The van der Waals surface area contributed by atoms with Crippen LogP contribution in [-0.4, -0.2) is 16.9 Å². The number of fused-ring (bicyclic) bond motifs is 1. The molecule has 3 rings (SSSR count). The molecule has 1 amide bonds. The number of hydrogen-bond donors (Lipinski definition) is 2. The minimum atomic E-state index is 0.0738. The number of hydrogen-bond acceptors (Lipinski definition) is 4. The fourth-order valence-electron chi connectivity index (χ4n) is 3.08. The second-order valence-corrected chi connectivity index (χ2v) is 6.79. The molecular weight excluding hydrogens is 258 g/mol. The third-order valence-electron chi connectivity index (χ3n) is 4.16. The molecule has 4 nitrogen and oxygen atoms in total. The van der Waals surface area contributed by atoms with E-state index in [-0.39, 0.29) is 17.9 Å². The van der Waals surface area contributed by atoms with Crippen molar-refractivity contribution in [2.45, 2.75) is 57.4 Å². The summed E-state index contributed by atoms with van der Waals surface area (Å²) < 4.78 is 0. The van der Waals surface area contributed by atoms with Gasteiger partial charge in [-0.05, 0) is 44.9 Å². The van der Waals surface area contributed by atoms with Gasteiger partial charge in [0.2, 0.25) is 5.91 Å². The highest BCUT2D eigenvalue weighted by Gasteiger charge is 2.26. The lowest BCUT2D eigenvalue weighted by molar-refractivity contribution is -0.120. The zero-order chi connectivity index (χ0) is 13.2. The molecule has 0 saturated heterocycles. The van der Waals surface area contributed by atoms with Crippen LogP contribution in [0.4, 0.5) is 5.13 Å². The molecule has 2 aliphatic rings. The van der Waals surface area contributed by atoms with Crippen molar-refractivity contribution in [1.82, 2.24) is 4.98 Å². The van der Waals surface area contributed by atoms with Gasteiger partial charge in [-0.25, -0.2) is 4.98 Å². The van der Waals surface area contributed by atoms with Gasteiger partial charge in [-0.15, -0.1) is 11.3 Å². The van der Waals surface area contributed by atoms with E-state index in [1.165, 1.54) is 23.4 Å². The highest BCUT2D eigenvalue weighted by molar-refractivity contribution is 7.15. The summed E-state index contributed by atoms with van der Waals surface area (Å²) in [6.45, 7) is 0. The molecule has 1 heterocycles. The monoisotopic (exact) mass is 279 g/mol. The summed E-state index contributed by atoms with van der Waals surface area (Å²) in [6, 6.07) is 0.189. The number of thiazole rings is 1. The van der Waals surface area contributed by atoms with Crippen LogP contribution in [0, 0.1) is 5.92 Å². The molecule has 0 bridgehead atoms. The predicted octanol–water partition coefficient (Wildman–Crippen LogP) is 2.48. The van der Waals surface area contributed by atoms with Gasteiger partial charge < -0.3 is 11.1 Å². The lowest BCUT2D eigenvalue weighted by atomic mass is 9.86. The number of amides is 1. The van der Waals surface area contributed by atoms with E-state index in [4.69, 9.17) is 5.73 Å². The summed E-state index contributed by atoms with van der Waals surface area (Å²) in [5, 5.41) is 3.79. The Labute approximate surface area is 117 Å². The molecule has 2 atom stereocenters. The van der Waals surface area contributed by atoms with Crippen molar-refractivity contribution in [2.24, 2.45) is 11.7 Å². The minimum absolute atomic E-state index is 0.0738. The number of rotatable bonds is 2. The molecule has 0 radical (unpaired) electrons. The molecule has 19 heavy (non-hydrogen) atoms. The molecule has 1 fully saturated rings. The summed E-state index contributed by atoms with van der Waals surface area (Å²) in [4.78, 5) is 18.1. The molecule has 0 aliphatic heterocycles. The Morgan fingerprint density at radius 3 is 2.89 bits per heavy atom. The maximum atomic E-state index is 12.2. The summed E-state index contributed by atoms with van der Waals surface area (Å²) >= 11 is 1.65. The molecule has 3 N–H and O–H groups in total. The van der Waals surface area contributed by atoms with Crippen molar-refractivity contribution in [3.63, 3.8) is 0 Å². The third-order valence-corrected chi connectivity index (χ3v) is 5.23. The molecule has 1 saturated carbocycles. The zero-order valence-corrected chi connectivity index (χ0v) is 12.0. The fourth-order valence-corrected chi connectivity index (χ4v) is 4.13. The van der Waals surface area contributed by atoms with Gasteiger partial charge in [0.1, 0.15) is 0 Å². The van der Waals surface area contributed by atoms with Crippen molar-refractivity contribution >= 4 is 22.4 Å². The van der Waals surface area contributed by atoms with Crippen LogP contribution in [0.5, 0.6) is 0 Å². The van der Waals surface area contributed by atoms with Crippen molar-refractivity contribution in [3.8, 4) is 0 Å². The van der Waals surface area contributed by atoms with Crippen LogP contribution < -0.4 is 11.1 Å². The maximum absolute atomic E-state index is 12.2. The van der Waals surface area contributed by atoms with Crippen LogP contribution in [0.3, 0.4) is 0 Å². The minimum Gasteiger partial charge on any atom is -0.328 e. The molecule has 5 heteroatoms. The number of anilines is 1. The fraction of sp³-hybridized carbons (Fsp3) is 0.714. The largest absolute Gasteiger partial charge is 0.328 e. The van der Waals surface area contributed by atoms with Crippen LogP contribution in [0.2, 0.25) is 0 Å². The van der Waals surface area contributed by atoms with E-state index < -0.39 is 0 Å². The third kappa shape index (κ3) is 2.98. The molecule has 1 aromatic rings. The number of aromatic nitrogens is 1. The number of aryl methyl sites for hydroxylation is 2. The first kappa shape index (κ1) is 13.1. The van der Waals surface area contributed by atoms with Crippen LogP contribution in [0.1, 0.15) is 49.1 Å². The summed E-state index contributed by atoms with van der Waals surface area (Å²) in [7, 11) is 0. The highest BCUT2D eigenvalue weighted by atomic mass is 32.1. The van der Waals surface area contributed by atoms with E-state index in [9.17, 15) is 4.79 Å². The molecule has 1 aromatic heterocycles. The van der Waals surface area contributed by atoms with Crippen LogP contribution in [0.15, 0.2) is 0 Å². The van der Waals surface area contributed by atoms with E-state index in [2.05, 4.69) is 10.3 Å². The van der Waals surface area contributed by atoms with E-state index in [0.717, 1.165) is 43.7 Å². The van der Waals surface area contributed by atoms with Crippen molar-refractivity contribution in [2.75, 3.05) is 5.32 Å².